The number of nitrogens with zero attached hydrogens (tertiary/aromatic N) is 2. The summed E-state index contributed by atoms with van der Waals surface area (Å²) >= 11 is 1.55. The van der Waals surface area contributed by atoms with Gasteiger partial charge in [0.05, 0.1) is 39.5 Å². The molecule has 6 aliphatic rings. The van der Waals surface area contributed by atoms with Crippen molar-refractivity contribution in [3.05, 3.63) is 62.7 Å². The van der Waals surface area contributed by atoms with Crippen LogP contribution in [0.1, 0.15) is 89.5 Å². The van der Waals surface area contributed by atoms with Gasteiger partial charge in [0.25, 0.3) is 0 Å². The minimum Gasteiger partial charge on any atom is -0.493 e. The monoisotopic (exact) mass is 828 g/mol. The number of methoxy groups -OCH3 is 2. The second kappa shape index (κ2) is 16.3. The molecule has 6 atom stereocenters. The molecule has 0 amide bonds. The lowest BCUT2D eigenvalue weighted by Gasteiger charge is -2.48. The second-order valence-corrected chi connectivity index (χ2v) is 16.8. The van der Waals surface area contributed by atoms with E-state index in [1.54, 1.807) is 26.0 Å². The quantitative estimate of drug-likeness (QED) is 0.201. The van der Waals surface area contributed by atoms with Gasteiger partial charge in [-0.25, -0.2) is 4.79 Å². The maximum atomic E-state index is 14.9. The van der Waals surface area contributed by atoms with Crippen LogP contribution in [0, 0.1) is 25.2 Å². The van der Waals surface area contributed by atoms with Gasteiger partial charge >= 0.3 is 11.9 Å². The number of carbonyl (C=O) groups excluding carboxylic acids is 2. The number of rotatable bonds is 9. The van der Waals surface area contributed by atoms with Crippen molar-refractivity contribution in [2.24, 2.45) is 0 Å². The molecule has 6 aliphatic heterocycles. The van der Waals surface area contributed by atoms with E-state index in [0.29, 0.717) is 90.5 Å². The Bertz CT molecular complexity index is 2230. The van der Waals surface area contributed by atoms with Crippen LogP contribution in [0.5, 0.6) is 40.2 Å². The summed E-state index contributed by atoms with van der Waals surface area (Å²) in [6.07, 6.45) is 1.22. The maximum absolute atomic E-state index is 14.9. The average Bonchev–Trinajstić information content (AvgIpc) is 3.71. The second-order valence-electron chi connectivity index (χ2n) is 15.6. The molecular weight excluding hydrogens is 777 g/mol. The number of nitrogens with one attached hydrogen (secondary N) is 2. The molecule has 3 aromatic rings. The van der Waals surface area contributed by atoms with Crippen molar-refractivity contribution >= 4 is 23.7 Å². The van der Waals surface area contributed by atoms with Gasteiger partial charge < -0.3 is 43.2 Å². The zero-order valence-electron chi connectivity index (χ0n) is 34.9. The fourth-order valence-corrected chi connectivity index (χ4v) is 11.3. The molecule has 0 unspecified atom stereocenters. The number of aryl methyl sites for hydroxylation is 1. The molecule has 2 bridgehead atoms. The Labute approximate surface area is 349 Å². The van der Waals surface area contributed by atoms with Gasteiger partial charge in [0.1, 0.15) is 18.4 Å². The third-order valence-electron chi connectivity index (χ3n) is 12.2. The zero-order chi connectivity index (χ0) is 41.7. The van der Waals surface area contributed by atoms with Crippen LogP contribution in [0.25, 0.3) is 0 Å². The Morgan fingerprint density at radius 2 is 1.78 bits per heavy atom. The van der Waals surface area contributed by atoms with Crippen LogP contribution in [-0.4, -0.2) is 88.6 Å². The lowest BCUT2D eigenvalue weighted by atomic mass is 9.82. The fraction of sp³-hybridized carbons (Fsp3) is 0.523. The topological polar surface area (TPSA) is 159 Å². The summed E-state index contributed by atoms with van der Waals surface area (Å²) in [5.41, 5.74) is 5.66. The molecule has 0 aliphatic carbocycles. The minimum atomic E-state index is -1.23. The number of thioether (sulfide) groups is 1. The Morgan fingerprint density at radius 3 is 2.49 bits per heavy atom. The molecule has 1 saturated heterocycles. The SMILES string of the molecule is CCOc1cc2c(cc1OC)[C@@]1(CS[C@H]3CN([C@@H](C#N)[C@@H]4Cc5cc(C)c(OC)c(OCC)c5[C@H](C)N4)[C@@H](COC1=O)c1c4c(c(C)c(OC(C)=O)c13)OCO4)NCC2. The smallest absolute Gasteiger partial charge is 0.331 e. The van der Waals surface area contributed by atoms with Crippen LogP contribution in [0.2, 0.25) is 0 Å². The van der Waals surface area contributed by atoms with Gasteiger partial charge in [0.15, 0.2) is 40.0 Å². The van der Waals surface area contributed by atoms with Gasteiger partial charge in [-0.1, -0.05) is 6.07 Å². The zero-order valence-corrected chi connectivity index (χ0v) is 35.7. The van der Waals surface area contributed by atoms with E-state index >= 15 is 0 Å². The number of nitriles is 1. The summed E-state index contributed by atoms with van der Waals surface area (Å²) in [4.78, 5) is 29.8. The van der Waals surface area contributed by atoms with Gasteiger partial charge in [-0.15, -0.1) is 11.8 Å². The summed E-state index contributed by atoms with van der Waals surface area (Å²) in [5.74, 6) is 3.28. The molecule has 0 saturated carbocycles. The van der Waals surface area contributed by atoms with Crippen LogP contribution in [0.4, 0.5) is 0 Å². The highest BCUT2D eigenvalue weighted by Gasteiger charge is 2.52. The Kier molecular flexibility index (Phi) is 11.3. The number of ether oxygens (including phenoxy) is 8. The predicted molar refractivity (Wildman–Crippen MR) is 219 cm³/mol. The molecule has 1 fully saturated rings. The summed E-state index contributed by atoms with van der Waals surface area (Å²) < 4.78 is 48.5. The molecular formula is C44H52N4O10S. The molecule has 6 heterocycles. The average molecular weight is 829 g/mol. The molecule has 15 heteroatoms. The summed E-state index contributed by atoms with van der Waals surface area (Å²) in [5, 5.41) is 18.2. The highest BCUT2D eigenvalue weighted by atomic mass is 32.2. The summed E-state index contributed by atoms with van der Waals surface area (Å²) in [7, 11) is 3.24. The number of hydrogen-bond donors (Lipinski definition) is 2. The van der Waals surface area contributed by atoms with Crippen molar-refractivity contribution in [1.29, 1.82) is 5.26 Å². The molecule has 3 aromatic carbocycles. The van der Waals surface area contributed by atoms with Crippen molar-refractivity contribution in [2.75, 3.05) is 59.7 Å². The van der Waals surface area contributed by atoms with Crippen LogP contribution in [0.15, 0.2) is 18.2 Å². The van der Waals surface area contributed by atoms with Crippen LogP contribution >= 0.6 is 11.8 Å². The first kappa shape index (κ1) is 40.9. The van der Waals surface area contributed by atoms with E-state index in [0.717, 1.165) is 33.4 Å². The van der Waals surface area contributed by atoms with E-state index in [-0.39, 0.29) is 36.5 Å². The first-order chi connectivity index (χ1) is 28.5. The highest BCUT2D eigenvalue weighted by molar-refractivity contribution is 7.99. The van der Waals surface area contributed by atoms with Crippen molar-refractivity contribution in [3.8, 4) is 46.3 Å². The van der Waals surface area contributed by atoms with Crippen molar-refractivity contribution in [2.45, 2.75) is 89.3 Å². The first-order valence-corrected chi connectivity index (χ1v) is 21.3. The Balaban J connectivity index is 1.25. The molecule has 0 aromatic heterocycles. The number of hydrogen-bond acceptors (Lipinski definition) is 15. The van der Waals surface area contributed by atoms with E-state index in [1.807, 2.05) is 39.8 Å². The Morgan fingerprint density at radius 1 is 1.00 bits per heavy atom. The minimum absolute atomic E-state index is 0.0308. The molecule has 59 heavy (non-hydrogen) atoms. The molecule has 0 radical (unpaired) electrons. The lowest BCUT2D eigenvalue weighted by molar-refractivity contribution is -0.154. The molecule has 1 spiro atoms. The maximum Gasteiger partial charge on any atom is 0.331 e. The summed E-state index contributed by atoms with van der Waals surface area (Å²) in [6.45, 7) is 12.9. The van der Waals surface area contributed by atoms with E-state index in [1.165, 1.54) is 6.92 Å². The van der Waals surface area contributed by atoms with Gasteiger partial charge in [0.2, 0.25) is 6.79 Å². The largest absolute Gasteiger partial charge is 0.493 e. The van der Waals surface area contributed by atoms with Crippen molar-refractivity contribution < 1.29 is 47.5 Å². The highest BCUT2D eigenvalue weighted by Crippen LogP contribution is 2.58. The predicted octanol–water partition coefficient (Wildman–Crippen LogP) is 5.67. The standard InChI is InChI=1S/C44H52N4O10S/c1-9-53-33-15-26-11-12-46-44(28(26)16-32(33)51-7)20-59-34-18-48(30(17-45)29-14-27-13-22(3)38(52-8)41(54-10-2)35(27)24(5)47-29)31(19-55-43(44)50)36-37(34)39(58-25(6)49)23(4)40-42(36)57-21-56-40/h13,15-16,24,29-31,34,46-47H,9-12,14,18-21H2,1-8H3/t24-,29-,30-,31-,34-,44+/m0/s1. The number of esters is 2. The van der Waals surface area contributed by atoms with E-state index in [2.05, 4.69) is 34.6 Å². The lowest BCUT2D eigenvalue weighted by Crippen LogP contribution is -2.59. The van der Waals surface area contributed by atoms with Crippen molar-refractivity contribution in [3.63, 3.8) is 0 Å². The van der Waals surface area contributed by atoms with Gasteiger partial charge in [0, 0.05) is 65.4 Å². The van der Waals surface area contributed by atoms with Crippen LogP contribution in [-0.2, 0) is 32.7 Å². The third-order valence-corrected chi connectivity index (χ3v) is 13.6. The van der Waals surface area contributed by atoms with Gasteiger partial charge in [-0.2, -0.15) is 5.26 Å². The van der Waals surface area contributed by atoms with Crippen LogP contribution in [0.3, 0.4) is 0 Å². The van der Waals surface area contributed by atoms with Crippen molar-refractivity contribution in [1.82, 2.24) is 15.5 Å². The summed E-state index contributed by atoms with van der Waals surface area (Å²) in [6, 6.07) is 6.78. The fourth-order valence-electron chi connectivity index (χ4n) is 9.78. The van der Waals surface area contributed by atoms with E-state index < -0.39 is 29.6 Å². The third kappa shape index (κ3) is 6.78. The molecule has 314 valence electrons. The number of fused-ring (bicyclic) bond motifs is 7. The normalized spacial score (nSPS) is 24.8. The van der Waals surface area contributed by atoms with Crippen LogP contribution < -0.4 is 43.8 Å². The van der Waals surface area contributed by atoms with E-state index in [4.69, 9.17) is 37.9 Å². The first-order valence-electron chi connectivity index (χ1n) is 20.3. The molecule has 14 nitrogen and oxygen atoms in total. The van der Waals surface area contributed by atoms with Gasteiger partial charge in [-0.3, -0.25) is 15.0 Å². The molecule has 2 N–H and O–H groups in total. The molecule has 9 rings (SSSR count). The number of benzene rings is 3. The Hall–Kier alpha value is -4.88. The number of carbonyl (C=O) groups is 2. The van der Waals surface area contributed by atoms with E-state index in [9.17, 15) is 14.9 Å². The van der Waals surface area contributed by atoms with Gasteiger partial charge in [-0.05, 0) is 81.8 Å².